The van der Waals surface area contributed by atoms with Crippen LogP contribution in [0.25, 0.3) is 0 Å². The van der Waals surface area contributed by atoms with Gasteiger partial charge in [0.1, 0.15) is 11.8 Å². The zero-order valence-electron chi connectivity index (χ0n) is 14.3. The molecule has 0 spiro atoms. The molecule has 1 unspecified atom stereocenters. The van der Waals surface area contributed by atoms with Crippen LogP contribution in [0.5, 0.6) is 5.75 Å². The minimum absolute atomic E-state index is 0.182. The maximum atomic E-state index is 12.9. The number of benzene rings is 1. The standard InChI is InChI=1S/C16H19F3N2O5S/c17-16(18,19)26-12-3-5-13(6-4-12)27(23,24)21-7-1-2-14(21)15(22)20-8-10-25-11-9-20/h3-6,14H,1-2,7-11H2. The smallest absolute Gasteiger partial charge is 0.406 e. The van der Waals surface area contributed by atoms with E-state index in [1.165, 1.54) is 0 Å². The molecule has 2 aliphatic heterocycles. The molecule has 0 aliphatic carbocycles. The van der Waals surface area contributed by atoms with Crippen LogP contribution in [-0.2, 0) is 19.6 Å². The van der Waals surface area contributed by atoms with Gasteiger partial charge in [-0.05, 0) is 37.1 Å². The van der Waals surface area contributed by atoms with Crippen molar-refractivity contribution in [1.29, 1.82) is 0 Å². The van der Waals surface area contributed by atoms with Crippen molar-refractivity contribution in [2.24, 2.45) is 0 Å². The van der Waals surface area contributed by atoms with Gasteiger partial charge in [0.05, 0.1) is 18.1 Å². The zero-order chi connectivity index (χ0) is 19.7. The minimum Gasteiger partial charge on any atom is -0.406 e. The van der Waals surface area contributed by atoms with E-state index < -0.39 is 28.2 Å². The van der Waals surface area contributed by atoms with Crippen molar-refractivity contribution in [3.8, 4) is 5.75 Å². The number of morpholine rings is 1. The third kappa shape index (κ3) is 4.53. The number of halogens is 3. The summed E-state index contributed by atoms with van der Waals surface area (Å²) in [5.41, 5.74) is 0. The normalized spacial score (nSPS) is 22.0. The Hall–Kier alpha value is -1.85. The van der Waals surface area contributed by atoms with Gasteiger partial charge < -0.3 is 14.4 Å². The zero-order valence-corrected chi connectivity index (χ0v) is 15.1. The lowest BCUT2D eigenvalue weighted by molar-refractivity contribution is -0.274. The maximum absolute atomic E-state index is 12.9. The van der Waals surface area contributed by atoms with Gasteiger partial charge in [-0.2, -0.15) is 4.31 Å². The highest BCUT2D eigenvalue weighted by Crippen LogP contribution is 2.29. The van der Waals surface area contributed by atoms with E-state index in [-0.39, 0.29) is 17.3 Å². The summed E-state index contributed by atoms with van der Waals surface area (Å²) in [4.78, 5) is 14.1. The Kier molecular flexibility index (Phi) is 5.63. The largest absolute Gasteiger partial charge is 0.573 e. The third-order valence-corrected chi connectivity index (χ3v) is 6.40. The number of sulfonamides is 1. The summed E-state index contributed by atoms with van der Waals surface area (Å²) in [6, 6.07) is 3.17. The average Bonchev–Trinajstić information content (AvgIpc) is 3.11. The van der Waals surface area contributed by atoms with Gasteiger partial charge in [0.2, 0.25) is 15.9 Å². The van der Waals surface area contributed by atoms with Crippen molar-refractivity contribution in [3.63, 3.8) is 0 Å². The Balaban J connectivity index is 1.77. The molecule has 3 rings (SSSR count). The van der Waals surface area contributed by atoms with E-state index in [2.05, 4.69) is 4.74 Å². The predicted octanol–water partition coefficient (Wildman–Crippen LogP) is 1.60. The molecule has 0 radical (unpaired) electrons. The summed E-state index contributed by atoms with van der Waals surface area (Å²) in [7, 11) is -4.01. The number of nitrogens with zero attached hydrogens (tertiary/aromatic N) is 2. The highest BCUT2D eigenvalue weighted by Gasteiger charge is 2.41. The van der Waals surface area contributed by atoms with Gasteiger partial charge in [0, 0.05) is 19.6 Å². The first kappa shape index (κ1) is 19.9. The van der Waals surface area contributed by atoms with Crippen molar-refractivity contribution >= 4 is 15.9 Å². The van der Waals surface area contributed by atoms with E-state index in [0.29, 0.717) is 39.1 Å². The van der Waals surface area contributed by atoms with Gasteiger partial charge in [0.25, 0.3) is 0 Å². The van der Waals surface area contributed by atoms with Crippen LogP contribution in [0, 0.1) is 0 Å². The lowest BCUT2D eigenvalue weighted by atomic mass is 10.2. The Morgan fingerprint density at radius 3 is 2.33 bits per heavy atom. The third-order valence-electron chi connectivity index (χ3n) is 4.48. The summed E-state index contributed by atoms with van der Waals surface area (Å²) >= 11 is 0. The highest BCUT2D eigenvalue weighted by atomic mass is 32.2. The lowest BCUT2D eigenvalue weighted by Gasteiger charge is -2.32. The van der Waals surface area contributed by atoms with Gasteiger partial charge in [-0.3, -0.25) is 4.79 Å². The topological polar surface area (TPSA) is 76.2 Å². The van der Waals surface area contributed by atoms with Crippen LogP contribution in [0.4, 0.5) is 13.2 Å². The van der Waals surface area contributed by atoms with Crippen molar-refractivity contribution in [1.82, 2.24) is 9.21 Å². The molecule has 0 saturated carbocycles. The number of hydrogen-bond acceptors (Lipinski definition) is 5. The lowest BCUT2D eigenvalue weighted by Crippen LogP contribution is -2.50. The molecular formula is C16H19F3N2O5S. The first-order valence-corrected chi connectivity index (χ1v) is 9.87. The van der Waals surface area contributed by atoms with Gasteiger partial charge in [-0.1, -0.05) is 0 Å². The molecule has 27 heavy (non-hydrogen) atoms. The summed E-state index contributed by atoms with van der Waals surface area (Å²) in [6.45, 7) is 1.82. The van der Waals surface area contributed by atoms with Crippen molar-refractivity contribution in [2.75, 3.05) is 32.8 Å². The molecule has 2 fully saturated rings. The van der Waals surface area contributed by atoms with Crippen molar-refractivity contribution in [2.45, 2.75) is 30.1 Å². The van der Waals surface area contributed by atoms with Crippen LogP contribution in [0.1, 0.15) is 12.8 Å². The second-order valence-electron chi connectivity index (χ2n) is 6.23. The molecule has 0 aromatic heterocycles. The molecule has 7 nitrogen and oxygen atoms in total. The van der Waals surface area contributed by atoms with Crippen LogP contribution in [0.3, 0.4) is 0 Å². The number of ether oxygens (including phenoxy) is 2. The summed E-state index contributed by atoms with van der Waals surface area (Å²) < 4.78 is 72.6. The highest BCUT2D eigenvalue weighted by molar-refractivity contribution is 7.89. The molecule has 150 valence electrons. The summed E-state index contributed by atoms with van der Waals surface area (Å²) in [6.07, 6.45) is -3.91. The number of rotatable bonds is 4. The molecule has 1 atom stereocenters. The first-order valence-electron chi connectivity index (χ1n) is 8.43. The monoisotopic (exact) mass is 408 g/mol. The average molecular weight is 408 g/mol. The molecule has 1 aromatic rings. The number of amides is 1. The Morgan fingerprint density at radius 2 is 1.74 bits per heavy atom. The SMILES string of the molecule is O=C(C1CCCN1S(=O)(=O)c1ccc(OC(F)(F)F)cc1)N1CCOCC1. The second-order valence-corrected chi connectivity index (χ2v) is 8.12. The Morgan fingerprint density at radius 1 is 1.11 bits per heavy atom. The molecular weight excluding hydrogens is 389 g/mol. The van der Waals surface area contributed by atoms with Gasteiger partial charge >= 0.3 is 6.36 Å². The van der Waals surface area contributed by atoms with Crippen molar-refractivity contribution < 1.29 is 35.9 Å². The number of alkyl halides is 3. The molecule has 2 aliphatic rings. The van der Waals surface area contributed by atoms with E-state index in [4.69, 9.17) is 4.74 Å². The van der Waals surface area contributed by atoms with Crippen LogP contribution in [0.15, 0.2) is 29.2 Å². The van der Waals surface area contributed by atoms with Crippen LogP contribution >= 0.6 is 0 Å². The number of carbonyl (C=O) groups excluding carboxylic acids is 1. The molecule has 0 bridgehead atoms. The molecule has 0 N–H and O–H groups in total. The fraction of sp³-hybridized carbons (Fsp3) is 0.562. The minimum atomic E-state index is -4.86. The van der Waals surface area contributed by atoms with Gasteiger partial charge in [0.15, 0.2) is 0 Å². The Bertz CT molecular complexity index is 776. The fourth-order valence-electron chi connectivity index (χ4n) is 3.22. The predicted molar refractivity (Wildman–Crippen MR) is 87.4 cm³/mol. The van der Waals surface area contributed by atoms with E-state index in [1.807, 2.05) is 0 Å². The molecule has 1 aromatic carbocycles. The summed E-state index contributed by atoms with van der Waals surface area (Å²) in [5, 5.41) is 0. The number of hydrogen-bond donors (Lipinski definition) is 0. The fourth-order valence-corrected chi connectivity index (χ4v) is 4.87. The maximum Gasteiger partial charge on any atom is 0.573 e. The molecule has 1 amide bonds. The number of carbonyl (C=O) groups is 1. The van der Waals surface area contributed by atoms with Crippen LogP contribution in [-0.4, -0.2) is 68.8 Å². The molecule has 11 heteroatoms. The first-order chi connectivity index (χ1) is 12.7. The van der Waals surface area contributed by atoms with Gasteiger partial charge in [-0.15, -0.1) is 13.2 Å². The van der Waals surface area contributed by atoms with Crippen molar-refractivity contribution in [3.05, 3.63) is 24.3 Å². The van der Waals surface area contributed by atoms with E-state index >= 15 is 0 Å². The quantitative estimate of drug-likeness (QED) is 0.757. The van der Waals surface area contributed by atoms with Gasteiger partial charge in [-0.25, -0.2) is 8.42 Å². The van der Waals surface area contributed by atoms with Crippen LogP contribution < -0.4 is 4.74 Å². The molecule has 2 heterocycles. The van der Waals surface area contributed by atoms with E-state index in [1.54, 1.807) is 4.90 Å². The van der Waals surface area contributed by atoms with E-state index in [0.717, 1.165) is 28.6 Å². The summed E-state index contributed by atoms with van der Waals surface area (Å²) in [5.74, 6) is -0.778. The second kappa shape index (κ2) is 7.64. The Labute approximate surface area is 154 Å². The van der Waals surface area contributed by atoms with Crippen LogP contribution in [0.2, 0.25) is 0 Å². The molecule has 2 saturated heterocycles. The van der Waals surface area contributed by atoms with E-state index in [9.17, 15) is 26.4 Å².